The lowest BCUT2D eigenvalue weighted by atomic mass is 10.0. The number of nitrogens with zero attached hydrogens (tertiary/aromatic N) is 3. The monoisotopic (exact) mass is 487 g/mol. The summed E-state index contributed by atoms with van der Waals surface area (Å²) in [6.45, 7) is 0. The first-order valence-corrected chi connectivity index (χ1v) is 11.2. The summed E-state index contributed by atoms with van der Waals surface area (Å²) in [4.78, 5) is 17.5. The van der Waals surface area contributed by atoms with Gasteiger partial charge in [0.25, 0.3) is 11.9 Å². The van der Waals surface area contributed by atoms with Crippen molar-refractivity contribution < 1.29 is 14.3 Å². The van der Waals surface area contributed by atoms with Crippen LogP contribution in [0.25, 0.3) is 5.70 Å². The minimum atomic E-state index is -0.365. The number of anilines is 2. The van der Waals surface area contributed by atoms with E-state index in [9.17, 15) is 4.79 Å². The second kappa shape index (κ2) is 9.52. The molecule has 0 saturated carbocycles. The summed E-state index contributed by atoms with van der Waals surface area (Å²) in [5, 5.41) is 11.3. The van der Waals surface area contributed by atoms with Crippen molar-refractivity contribution in [3.8, 4) is 11.5 Å². The van der Waals surface area contributed by atoms with E-state index in [0.29, 0.717) is 28.0 Å². The summed E-state index contributed by atoms with van der Waals surface area (Å²) >= 11 is 6.07. The van der Waals surface area contributed by atoms with Gasteiger partial charge in [-0.15, -0.1) is 5.10 Å². The summed E-state index contributed by atoms with van der Waals surface area (Å²) in [6.07, 6.45) is 2.07. The highest BCUT2D eigenvalue weighted by Gasteiger charge is 2.26. The minimum absolute atomic E-state index is 0.180. The number of benzene rings is 3. The van der Waals surface area contributed by atoms with E-state index in [-0.39, 0.29) is 17.9 Å². The molecule has 0 radical (unpaired) electrons. The van der Waals surface area contributed by atoms with Crippen molar-refractivity contribution in [3.63, 3.8) is 0 Å². The molecule has 0 aliphatic carbocycles. The van der Waals surface area contributed by atoms with Gasteiger partial charge in [-0.1, -0.05) is 54.1 Å². The van der Waals surface area contributed by atoms with Gasteiger partial charge in [-0.05, 0) is 47.5 Å². The lowest BCUT2D eigenvalue weighted by Gasteiger charge is -2.24. The molecule has 176 valence electrons. The number of carbonyl (C=O) groups is 1. The second-order valence-corrected chi connectivity index (χ2v) is 8.23. The topological polar surface area (TPSA) is 90.3 Å². The van der Waals surface area contributed by atoms with Crippen LogP contribution in [0, 0.1) is 0 Å². The maximum Gasteiger partial charge on any atom is 0.258 e. The predicted molar refractivity (Wildman–Crippen MR) is 135 cm³/mol. The molecule has 8 nitrogen and oxygen atoms in total. The Bertz CT molecular complexity index is 1400. The van der Waals surface area contributed by atoms with E-state index in [4.69, 9.17) is 21.1 Å². The van der Waals surface area contributed by atoms with Gasteiger partial charge in [-0.3, -0.25) is 10.1 Å². The summed E-state index contributed by atoms with van der Waals surface area (Å²) in [7, 11) is 3.06. The molecule has 1 aliphatic heterocycles. The zero-order valence-corrected chi connectivity index (χ0v) is 19.8. The number of carbonyl (C=O) groups excluding carboxylic acids is 1. The summed E-state index contributed by atoms with van der Waals surface area (Å²) in [5.41, 5.74) is 3.25. The average molecular weight is 488 g/mol. The van der Waals surface area contributed by atoms with Crippen molar-refractivity contribution in [2.75, 3.05) is 24.9 Å². The fourth-order valence-corrected chi connectivity index (χ4v) is 4.01. The van der Waals surface area contributed by atoms with Crippen molar-refractivity contribution in [2.24, 2.45) is 0 Å². The van der Waals surface area contributed by atoms with E-state index in [2.05, 4.69) is 26.8 Å². The van der Waals surface area contributed by atoms with E-state index in [1.54, 1.807) is 30.0 Å². The maximum absolute atomic E-state index is 12.9. The molecule has 35 heavy (non-hydrogen) atoms. The van der Waals surface area contributed by atoms with E-state index < -0.39 is 0 Å². The maximum atomic E-state index is 12.9. The molecule has 1 atom stereocenters. The normalized spacial score (nSPS) is 14.4. The minimum Gasteiger partial charge on any atom is -0.493 e. The Kier molecular flexibility index (Phi) is 6.12. The van der Waals surface area contributed by atoms with Gasteiger partial charge in [0.1, 0.15) is 6.04 Å². The van der Waals surface area contributed by atoms with Gasteiger partial charge in [0, 0.05) is 16.3 Å². The summed E-state index contributed by atoms with van der Waals surface area (Å²) < 4.78 is 12.3. The number of amides is 1. The molecule has 9 heteroatoms. The third-order valence-electron chi connectivity index (χ3n) is 5.63. The quantitative estimate of drug-likeness (QED) is 0.385. The van der Waals surface area contributed by atoms with Gasteiger partial charge in [-0.25, -0.2) is 4.68 Å². The van der Waals surface area contributed by atoms with Crippen LogP contribution in [-0.4, -0.2) is 34.9 Å². The highest BCUT2D eigenvalue weighted by Crippen LogP contribution is 2.34. The Morgan fingerprint density at radius 1 is 1.00 bits per heavy atom. The average Bonchev–Trinajstić information content (AvgIpc) is 3.30. The SMILES string of the molecule is COc1ccc(C(=O)Nc2nc3n(n2)C(c2ccccc2)C=C(c2ccc(Cl)cc2)N3)cc1OC. The molecule has 0 fully saturated rings. The van der Waals surface area contributed by atoms with Crippen LogP contribution in [-0.2, 0) is 0 Å². The molecular weight excluding hydrogens is 466 g/mol. The number of hydrogen-bond acceptors (Lipinski definition) is 6. The number of ether oxygens (including phenoxy) is 2. The predicted octanol–water partition coefficient (Wildman–Crippen LogP) is 5.26. The molecule has 0 bridgehead atoms. The Morgan fingerprint density at radius 3 is 2.46 bits per heavy atom. The third-order valence-corrected chi connectivity index (χ3v) is 5.89. The lowest BCUT2D eigenvalue weighted by molar-refractivity contribution is 0.102. The molecule has 4 aromatic rings. The number of allylic oxidation sites excluding steroid dienone is 1. The van der Waals surface area contributed by atoms with Crippen LogP contribution < -0.4 is 20.1 Å². The molecule has 1 aromatic heterocycles. The second-order valence-electron chi connectivity index (χ2n) is 7.80. The number of hydrogen-bond donors (Lipinski definition) is 2. The number of methoxy groups -OCH3 is 2. The van der Waals surface area contributed by atoms with E-state index in [1.165, 1.54) is 7.11 Å². The molecule has 1 amide bonds. The van der Waals surface area contributed by atoms with Gasteiger partial charge < -0.3 is 14.8 Å². The van der Waals surface area contributed by atoms with Crippen LogP contribution in [0.2, 0.25) is 5.02 Å². The number of rotatable bonds is 6. The van der Waals surface area contributed by atoms with Crippen molar-refractivity contribution in [3.05, 3.63) is 101 Å². The van der Waals surface area contributed by atoms with Crippen LogP contribution in [0.4, 0.5) is 11.9 Å². The largest absolute Gasteiger partial charge is 0.493 e. The molecule has 1 unspecified atom stereocenters. The fraction of sp³-hybridized carbons (Fsp3) is 0.115. The summed E-state index contributed by atoms with van der Waals surface area (Å²) in [5.74, 6) is 1.32. The Balaban J connectivity index is 1.47. The summed E-state index contributed by atoms with van der Waals surface area (Å²) in [6, 6.07) is 22.2. The molecule has 1 aliphatic rings. The van der Waals surface area contributed by atoms with Crippen LogP contribution >= 0.6 is 11.6 Å². The number of halogens is 1. The van der Waals surface area contributed by atoms with Gasteiger partial charge in [-0.2, -0.15) is 4.98 Å². The first-order valence-electron chi connectivity index (χ1n) is 10.9. The zero-order valence-electron chi connectivity index (χ0n) is 19.0. The van der Waals surface area contributed by atoms with Crippen LogP contribution in [0.15, 0.2) is 78.9 Å². The molecule has 5 rings (SSSR count). The number of fused-ring (bicyclic) bond motifs is 1. The highest BCUT2D eigenvalue weighted by molar-refractivity contribution is 6.30. The van der Waals surface area contributed by atoms with Crippen LogP contribution in [0.5, 0.6) is 11.5 Å². The molecule has 2 N–H and O–H groups in total. The third kappa shape index (κ3) is 4.56. The molecule has 0 saturated heterocycles. The molecule has 0 spiro atoms. The first-order chi connectivity index (χ1) is 17.1. The number of aromatic nitrogens is 3. The van der Waals surface area contributed by atoms with Crippen molar-refractivity contribution in [1.82, 2.24) is 14.8 Å². The van der Waals surface area contributed by atoms with E-state index in [0.717, 1.165) is 16.8 Å². The molecule has 2 heterocycles. The van der Waals surface area contributed by atoms with Gasteiger partial charge in [0.05, 0.1) is 14.2 Å². The van der Waals surface area contributed by atoms with Gasteiger partial charge in [0.15, 0.2) is 11.5 Å². The van der Waals surface area contributed by atoms with Crippen LogP contribution in [0.1, 0.15) is 27.5 Å². The van der Waals surface area contributed by atoms with Gasteiger partial charge >= 0.3 is 0 Å². The fourth-order valence-electron chi connectivity index (χ4n) is 3.88. The van der Waals surface area contributed by atoms with E-state index >= 15 is 0 Å². The number of nitrogens with one attached hydrogen (secondary N) is 2. The highest BCUT2D eigenvalue weighted by atomic mass is 35.5. The Labute approximate surface area is 207 Å². The lowest BCUT2D eigenvalue weighted by Crippen LogP contribution is -2.20. The Morgan fingerprint density at radius 2 is 1.74 bits per heavy atom. The van der Waals surface area contributed by atoms with Gasteiger partial charge in [0.2, 0.25) is 5.95 Å². The zero-order chi connectivity index (χ0) is 24.4. The smallest absolute Gasteiger partial charge is 0.258 e. The Hall–Kier alpha value is -4.30. The standard InChI is InChI=1S/C26H22ClN5O3/c1-34-22-13-10-18(14-23(22)35-2)24(33)29-25-30-26-28-20(16-8-11-19(27)12-9-16)15-21(32(26)31-25)17-6-4-3-5-7-17/h3-15,21H,1-2H3,(H2,28,29,30,31,33). The molecule has 3 aromatic carbocycles. The van der Waals surface area contributed by atoms with Crippen molar-refractivity contribution >= 4 is 35.1 Å². The van der Waals surface area contributed by atoms with Crippen molar-refractivity contribution in [2.45, 2.75) is 6.04 Å². The van der Waals surface area contributed by atoms with Crippen LogP contribution in [0.3, 0.4) is 0 Å². The molecular formula is C26H22ClN5O3. The first kappa shape index (κ1) is 22.5. The van der Waals surface area contributed by atoms with Crippen molar-refractivity contribution in [1.29, 1.82) is 0 Å². The van der Waals surface area contributed by atoms with E-state index in [1.807, 2.05) is 54.6 Å².